The van der Waals surface area contributed by atoms with Gasteiger partial charge in [0.15, 0.2) is 0 Å². The van der Waals surface area contributed by atoms with Gasteiger partial charge in [0.1, 0.15) is 4.90 Å². The van der Waals surface area contributed by atoms with Gasteiger partial charge in [0.25, 0.3) is 5.91 Å². The largest absolute Gasteiger partial charge is 0.386 e. The van der Waals surface area contributed by atoms with E-state index < -0.39 is 16.4 Å². The smallest absolute Gasteiger partial charge is 0.254 e. The Bertz CT molecular complexity index is 1090. The standard InChI is InChI=1S/C21H23N3O4S/c1-14-11-16(20(25)24-12-21(2,26)13-24)8-9-17(14)23-29(27,28)18-7-3-5-15-6-4-10-22-19(15)18/h3-11,23,26-28H,12-13H2,1-2H3. The second kappa shape index (κ2) is 7.00. The van der Waals surface area contributed by atoms with Crippen LogP contribution in [0.4, 0.5) is 5.69 Å². The lowest BCUT2D eigenvalue weighted by Crippen LogP contribution is -2.61. The lowest BCUT2D eigenvalue weighted by Gasteiger charge is -2.44. The van der Waals surface area contributed by atoms with E-state index in [1.807, 2.05) is 12.1 Å². The summed E-state index contributed by atoms with van der Waals surface area (Å²) in [5, 5.41) is 10.6. The van der Waals surface area contributed by atoms with E-state index in [0.717, 1.165) is 5.39 Å². The van der Waals surface area contributed by atoms with Crippen LogP contribution in [-0.4, -0.2) is 48.7 Å². The molecule has 4 rings (SSSR count). The Kier molecular flexibility index (Phi) is 4.74. The molecule has 0 radical (unpaired) electrons. The maximum Gasteiger partial charge on any atom is 0.254 e. The van der Waals surface area contributed by atoms with Crippen molar-refractivity contribution < 1.29 is 19.0 Å². The molecule has 1 fully saturated rings. The number of aryl methyl sites for hydroxylation is 1. The van der Waals surface area contributed by atoms with Gasteiger partial charge in [0.2, 0.25) is 0 Å². The summed E-state index contributed by atoms with van der Waals surface area (Å²) >= 11 is 0. The number of nitrogens with zero attached hydrogens (tertiary/aromatic N) is 2. The van der Waals surface area contributed by atoms with E-state index in [9.17, 15) is 19.0 Å². The summed E-state index contributed by atoms with van der Waals surface area (Å²) in [6.07, 6.45) is 1.61. The van der Waals surface area contributed by atoms with E-state index in [2.05, 4.69) is 9.71 Å². The molecule has 0 saturated carbocycles. The number of benzene rings is 2. The number of aliphatic hydroxyl groups is 1. The van der Waals surface area contributed by atoms with Gasteiger partial charge in [0.05, 0.1) is 29.9 Å². The first-order chi connectivity index (χ1) is 13.7. The molecule has 4 N–H and O–H groups in total. The number of carbonyl (C=O) groups is 1. The maximum absolute atomic E-state index is 12.5. The van der Waals surface area contributed by atoms with Crippen molar-refractivity contribution in [2.75, 3.05) is 17.8 Å². The molecule has 29 heavy (non-hydrogen) atoms. The SMILES string of the molecule is Cc1cc(C(=O)N2CC(C)(O)C2)ccc1NS(O)(O)c1cccc2cccnc12. The number of amides is 1. The normalized spacial score (nSPS) is 16.4. The van der Waals surface area contributed by atoms with Crippen LogP contribution >= 0.6 is 10.8 Å². The summed E-state index contributed by atoms with van der Waals surface area (Å²) in [6, 6.07) is 13.9. The minimum Gasteiger partial charge on any atom is -0.386 e. The molecule has 0 aliphatic carbocycles. The molecule has 0 bridgehead atoms. The Morgan fingerprint density at radius 1 is 1.17 bits per heavy atom. The number of fused-ring (bicyclic) bond motifs is 1. The number of β-amino-alcohol motifs (C(OH)–C–C–N with tert-alkyl or cyclic N) is 1. The van der Waals surface area contributed by atoms with Gasteiger partial charge in [0, 0.05) is 17.1 Å². The van der Waals surface area contributed by atoms with Crippen LogP contribution in [0.25, 0.3) is 10.9 Å². The molecule has 1 saturated heterocycles. The Hall–Kier alpha value is -2.65. The van der Waals surface area contributed by atoms with Crippen molar-refractivity contribution in [3.8, 4) is 0 Å². The fraction of sp³-hybridized carbons (Fsp3) is 0.238. The van der Waals surface area contributed by atoms with E-state index >= 15 is 0 Å². The highest BCUT2D eigenvalue weighted by atomic mass is 32.3. The highest BCUT2D eigenvalue weighted by molar-refractivity contribution is 8.25. The molecule has 152 valence electrons. The number of aromatic nitrogens is 1. The lowest BCUT2D eigenvalue weighted by molar-refractivity contribution is -0.0668. The van der Waals surface area contributed by atoms with Crippen LogP contribution in [0.1, 0.15) is 22.8 Å². The molecule has 2 heterocycles. The van der Waals surface area contributed by atoms with Gasteiger partial charge in [-0.15, -0.1) is 0 Å². The Labute approximate surface area is 170 Å². The van der Waals surface area contributed by atoms with Gasteiger partial charge < -0.3 is 10.0 Å². The van der Waals surface area contributed by atoms with E-state index in [0.29, 0.717) is 40.3 Å². The number of carbonyl (C=O) groups excluding carboxylic acids is 1. The molecule has 2 aromatic carbocycles. The second-order valence-electron chi connectivity index (χ2n) is 7.67. The van der Waals surface area contributed by atoms with Crippen LogP contribution in [0.5, 0.6) is 0 Å². The third-order valence-electron chi connectivity index (χ3n) is 4.98. The molecule has 0 unspecified atom stereocenters. The zero-order valence-corrected chi connectivity index (χ0v) is 17.0. The minimum absolute atomic E-state index is 0.156. The topological polar surface area (TPSA) is 106 Å². The molecule has 1 aromatic heterocycles. The molecule has 3 aromatic rings. The zero-order chi connectivity index (χ0) is 20.8. The molecule has 0 atom stereocenters. The quantitative estimate of drug-likeness (QED) is 0.517. The van der Waals surface area contributed by atoms with Crippen LogP contribution < -0.4 is 4.72 Å². The van der Waals surface area contributed by atoms with Crippen molar-refractivity contribution in [2.24, 2.45) is 0 Å². The summed E-state index contributed by atoms with van der Waals surface area (Å²) < 4.78 is 24.5. The highest BCUT2D eigenvalue weighted by Crippen LogP contribution is 2.50. The fourth-order valence-corrected chi connectivity index (χ4v) is 4.88. The number of para-hydroxylation sites is 1. The van der Waals surface area contributed by atoms with Crippen molar-refractivity contribution in [3.63, 3.8) is 0 Å². The summed E-state index contributed by atoms with van der Waals surface area (Å²) in [6.45, 7) is 4.10. The van der Waals surface area contributed by atoms with Crippen LogP contribution in [0.15, 0.2) is 59.6 Å². The van der Waals surface area contributed by atoms with E-state index in [1.54, 1.807) is 61.3 Å². The Morgan fingerprint density at radius 2 is 1.90 bits per heavy atom. The van der Waals surface area contributed by atoms with Gasteiger partial charge in [-0.05, 0) is 49.7 Å². The third-order valence-corrected chi connectivity index (χ3v) is 6.43. The summed E-state index contributed by atoms with van der Waals surface area (Å²) in [4.78, 5) is 18.7. The predicted molar refractivity (Wildman–Crippen MR) is 114 cm³/mol. The monoisotopic (exact) mass is 413 g/mol. The molecule has 0 spiro atoms. The van der Waals surface area contributed by atoms with Crippen molar-refractivity contribution >= 4 is 33.3 Å². The zero-order valence-electron chi connectivity index (χ0n) is 16.2. The van der Waals surface area contributed by atoms with E-state index in [4.69, 9.17) is 0 Å². The summed E-state index contributed by atoms with van der Waals surface area (Å²) in [5.74, 6) is -0.156. The maximum atomic E-state index is 12.5. The number of pyridine rings is 1. The highest BCUT2D eigenvalue weighted by Gasteiger charge is 2.39. The average Bonchev–Trinajstić information content (AvgIpc) is 2.66. The second-order valence-corrected chi connectivity index (χ2v) is 9.41. The number of rotatable bonds is 4. The van der Waals surface area contributed by atoms with E-state index in [1.165, 1.54) is 0 Å². The molecular formula is C21H23N3O4S. The number of hydrogen-bond donors (Lipinski definition) is 4. The molecule has 8 heteroatoms. The number of likely N-dealkylation sites (tertiary alicyclic amines) is 1. The summed E-state index contributed by atoms with van der Waals surface area (Å²) in [7, 11) is -3.36. The third kappa shape index (κ3) is 3.79. The predicted octanol–water partition coefficient (Wildman–Crippen LogP) is 3.89. The van der Waals surface area contributed by atoms with Gasteiger partial charge >= 0.3 is 0 Å². The first-order valence-corrected chi connectivity index (χ1v) is 10.7. The van der Waals surface area contributed by atoms with Crippen molar-refractivity contribution in [1.29, 1.82) is 0 Å². The van der Waals surface area contributed by atoms with Crippen LogP contribution in [0.3, 0.4) is 0 Å². The van der Waals surface area contributed by atoms with Crippen molar-refractivity contribution in [1.82, 2.24) is 9.88 Å². The van der Waals surface area contributed by atoms with Crippen molar-refractivity contribution in [2.45, 2.75) is 24.3 Å². The number of hydrogen-bond acceptors (Lipinski definition) is 6. The van der Waals surface area contributed by atoms with Crippen LogP contribution in [-0.2, 0) is 0 Å². The Morgan fingerprint density at radius 3 is 2.59 bits per heavy atom. The van der Waals surface area contributed by atoms with E-state index in [-0.39, 0.29) is 5.91 Å². The molecule has 1 amide bonds. The Balaban J connectivity index is 1.58. The van der Waals surface area contributed by atoms with Crippen molar-refractivity contribution in [3.05, 3.63) is 65.9 Å². The van der Waals surface area contributed by atoms with Crippen LogP contribution in [0, 0.1) is 6.92 Å². The molecular weight excluding hydrogens is 390 g/mol. The summed E-state index contributed by atoms with van der Waals surface area (Å²) in [5.41, 5.74) is 1.42. The number of nitrogens with one attached hydrogen (secondary N) is 1. The van der Waals surface area contributed by atoms with Gasteiger partial charge in [-0.2, -0.15) is 0 Å². The lowest BCUT2D eigenvalue weighted by atomic mass is 9.95. The van der Waals surface area contributed by atoms with Gasteiger partial charge in [-0.3, -0.25) is 23.6 Å². The van der Waals surface area contributed by atoms with Gasteiger partial charge in [-0.25, -0.2) is 0 Å². The van der Waals surface area contributed by atoms with Gasteiger partial charge in [-0.1, -0.05) is 29.0 Å². The minimum atomic E-state index is -3.36. The number of anilines is 1. The fourth-order valence-electron chi connectivity index (χ4n) is 3.53. The van der Waals surface area contributed by atoms with Crippen LogP contribution in [0.2, 0.25) is 0 Å². The molecule has 1 aliphatic rings. The first-order valence-electron chi connectivity index (χ1n) is 9.18. The molecule has 7 nitrogen and oxygen atoms in total. The average molecular weight is 413 g/mol. The first kappa shape index (κ1) is 19.7. The molecule has 1 aliphatic heterocycles.